The maximum Gasteiger partial charge on any atom is 0.251 e. The molecule has 0 saturated heterocycles. The van der Waals surface area contributed by atoms with Crippen molar-refractivity contribution in [3.63, 3.8) is 0 Å². The van der Waals surface area contributed by atoms with Crippen LogP contribution in [-0.2, 0) is 0 Å². The van der Waals surface area contributed by atoms with E-state index in [4.69, 9.17) is 5.73 Å². The van der Waals surface area contributed by atoms with Crippen molar-refractivity contribution in [2.24, 2.45) is 0 Å². The summed E-state index contributed by atoms with van der Waals surface area (Å²) < 4.78 is 13.2. The second-order valence-electron chi connectivity index (χ2n) is 4.10. The molecule has 1 amide bonds. The van der Waals surface area contributed by atoms with Crippen LogP contribution in [0.5, 0.6) is 0 Å². The number of anilines is 1. The van der Waals surface area contributed by atoms with Gasteiger partial charge in [-0.1, -0.05) is 6.92 Å². The van der Waals surface area contributed by atoms with E-state index in [9.17, 15) is 9.18 Å². The van der Waals surface area contributed by atoms with Crippen LogP contribution >= 0.6 is 11.8 Å². The largest absolute Gasteiger partial charge is 0.396 e. The lowest BCUT2D eigenvalue weighted by molar-refractivity contribution is 0.0939. The van der Waals surface area contributed by atoms with Crippen LogP contribution in [0.2, 0.25) is 0 Å². The molecule has 100 valence electrons. The fraction of sp³-hybridized carbons (Fsp3) is 0.462. The predicted octanol–water partition coefficient (Wildman–Crippen LogP) is 2.67. The van der Waals surface area contributed by atoms with Crippen molar-refractivity contribution < 1.29 is 9.18 Å². The van der Waals surface area contributed by atoms with Crippen LogP contribution < -0.4 is 11.1 Å². The molecule has 1 unspecified atom stereocenters. The molecule has 18 heavy (non-hydrogen) atoms. The topological polar surface area (TPSA) is 55.1 Å². The standard InChI is InChI=1S/C13H19FN2OS/c1-3-18-7-6-9(2)16-13(17)10-4-5-12(15)11(14)8-10/h4-5,8-9H,3,6-7,15H2,1-2H3,(H,16,17). The summed E-state index contributed by atoms with van der Waals surface area (Å²) in [6, 6.07) is 4.18. The number of carbonyl (C=O) groups is 1. The van der Waals surface area contributed by atoms with Gasteiger partial charge in [0.15, 0.2) is 0 Å². The van der Waals surface area contributed by atoms with Crippen LogP contribution in [0, 0.1) is 5.82 Å². The molecular formula is C13H19FN2OS. The second-order valence-corrected chi connectivity index (χ2v) is 5.49. The zero-order chi connectivity index (χ0) is 13.5. The van der Waals surface area contributed by atoms with Gasteiger partial charge in [-0.2, -0.15) is 11.8 Å². The highest BCUT2D eigenvalue weighted by molar-refractivity contribution is 7.99. The van der Waals surface area contributed by atoms with E-state index in [-0.39, 0.29) is 17.6 Å². The monoisotopic (exact) mass is 270 g/mol. The van der Waals surface area contributed by atoms with Gasteiger partial charge >= 0.3 is 0 Å². The van der Waals surface area contributed by atoms with Gasteiger partial charge < -0.3 is 11.1 Å². The van der Waals surface area contributed by atoms with Gasteiger partial charge in [-0.05, 0) is 43.0 Å². The molecule has 0 fully saturated rings. The minimum atomic E-state index is -0.558. The van der Waals surface area contributed by atoms with E-state index < -0.39 is 5.82 Å². The van der Waals surface area contributed by atoms with E-state index >= 15 is 0 Å². The Bertz CT molecular complexity index is 412. The molecule has 0 aromatic heterocycles. The number of nitrogens with one attached hydrogen (secondary N) is 1. The summed E-state index contributed by atoms with van der Waals surface area (Å²) in [5, 5.41) is 2.84. The van der Waals surface area contributed by atoms with Crippen LogP contribution in [-0.4, -0.2) is 23.5 Å². The summed E-state index contributed by atoms with van der Waals surface area (Å²) in [5.74, 6) is 1.26. The Morgan fingerprint density at radius 3 is 2.89 bits per heavy atom. The summed E-state index contributed by atoms with van der Waals surface area (Å²) in [6.07, 6.45) is 0.904. The van der Waals surface area contributed by atoms with Crippen LogP contribution in [0.3, 0.4) is 0 Å². The Hall–Kier alpha value is -1.23. The minimum absolute atomic E-state index is 0.0546. The molecule has 5 heteroatoms. The number of thioether (sulfide) groups is 1. The number of nitrogens with two attached hydrogens (primary N) is 1. The Kier molecular flexibility index (Phi) is 5.98. The number of halogens is 1. The quantitative estimate of drug-likeness (QED) is 0.617. The SMILES string of the molecule is CCSCCC(C)NC(=O)c1ccc(N)c(F)c1. The Balaban J connectivity index is 2.51. The molecule has 0 aliphatic carbocycles. The molecule has 3 N–H and O–H groups in total. The fourth-order valence-electron chi connectivity index (χ4n) is 1.45. The van der Waals surface area contributed by atoms with Gasteiger partial charge in [0.2, 0.25) is 0 Å². The molecule has 0 aliphatic heterocycles. The van der Waals surface area contributed by atoms with Crippen molar-refractivity contribution >= 4 is 23.4 Å². The predicted molar refractivity (Wildman–Crippen MR) is 75.4 cm³/mol. The molecule has 0 bridgehead atoms. The first-order valence-corrected chi connectivity index (χ1v) is 7.13. The molecule has 1 atom stereocenters. The summed E-state index contributed by atoms with van der Waals surface area (Å²) >= 11 is 1.84. The second kappa shape index (κ2) is 7.26. The molecule has 1 rings (SSSR count). The first kappa shape index (κ1) is 14.8. The highest BCUT2D eigenvalue weighted by Crippen LogP contribution is 2.12. The Morgan fingerprint density at radius 1 is 1.56 bits per heavy atom. The minimum Gasteiger partial charge on any atom is -0.396 e. The lowest BCUT2D eigenvalue weighted by Gasteiger charge is -2.13. The number of rotatable bonds is 6. The molecule has 0 spiro atoms. The molecule has 3 nitrogen and oxygen atoms in total. The summed E-state index contributed by atoms with van der Waals surface area (Å²) in [4.78, 5) is 11.8. The van der Waals surface area contributed by atoms with Gasteiger partial charge in [0.05, 0.1) is 5.69 Å². The van der Waals surface area contributed by atoms with Crippen molar-refractivity contribution in [3.8, 4) is 0 Å². The van der Waals surface area contributed by atoms with E-state index in [2.05, 4.69) is 12.2 Å². The van der Waals surface area contributed by atoms with Crippen LogP contribution in [0.15, 0.2) is 18.2 Å². The lowest BCUT2D eigenvalue weighted by Crippen LogP contribution is -2.33. The van der Waals surface area contributed by atoms with Crippen molar-refractivity contribution in [1.82, 2.24) is 5.32 Å². The molecule has 0 heterocycles. The van der Waals surface area contributed by atoms with Gasteiger partial charge in [0, 0.05) is 11.6 Å². The zero-order valence-electron chi connectivity index (χ0n) is 10.7. The highest BCUT2D eigenvalue weighted by Gasteiger charge is 2.11. The van der Waals surface area contributed by atoms with Gasteiger partial charge in [0.1, 0.15) is 5.82 Å². The van der Waals surface area contributed by atoms with Crippen molar-refractivity contribution in [2.45, 2.75) is 26.3 Å². The number of hydrogen-bond donors (Lipinski definition) is 2. The smallest absolute Gasteiger partial charge is 0.251 e. The lowest BCUT2D eigenvalue weighted by atomic mass is 10.1. The molecule has 0 aliphatic rings. The maximum atomic E-state index is 13.2. The Morgan fingerprint density at radius 2 is 2.28 bits per heavy atom. The summed E-state index contributed by atoms with van der Waals surface area (Å²) in [6.45, 7) is 4.05. The van der Waals surface area contributed by atoms with E-state index in [0.717, 1.165) is 24.0 Å². The van der Waals surface area contributed by atoms with E-state index in [1.165, 1.54) is 12.1 Å². The van der Waals surface area contributed by atoms with E-state index in [1.54, 1.807) is 0 Å². The van der Waals surface area contributed by atoms with Gasteiger partial charge in [-0.3, -0.25) is 4.79 Å². The highest BCUT2D eigenvalue weighted by atomic mass is 32.2. The molecule has 0 saturated carbocycles. The molecule has 0 radical (unpaired) electrons. The maximum absolute atomic E-state index is 13.2. The molecular weight excluding hydrogens is 251 g/mol. The molecule has 1 aromatic carbocycles. The number of benzene rings is 1. The van der Waals surface area contributed by atoms with E-state index in [1.807, 2.05) is 18.7 Å². The van der Waals surface area contributed by atoms with Gasteiger partial charge in [-0.25, -0.2) is 4.39 Å². The average Bonchev–Trinajstić information content (AvgIpc) is 2.33. The first-order chi connectivity index (χ1) is 8.54. The molecule has 1 aromatic rings. The third-order valence-electron chi connectivity index (χ3n) is 2.54. The van der Waals surface area contributed by atoms with Gasteiger partial charge in [-0.15, -0.1) is 0 Å². The van der Waals surface area contributed by atoms with Crippen LogP contribution in [0.1, 0.15) is 30.6 Å². The normalized spacial score (nSPS) is 12.2. The summed E-state index contributed by atoms with van der Waals surface area (Å²) in [5.41, 5.74) is 5.72. The fourth-order valence-corrected chi connectivity index (χ4v) is 2.26. The van der Waals surface area contributed by atoms with Crippen LogP contribution in [0.25, 0.3) is 0 Å². The number of hydrogen-bond acceptors (Lipinski definition) is 3. The Labute approximate surface area is 111 Å². The first-order valence-electron chi connectivity index (χ1n) is 5.98. The van der Waals surface area contributed by atoms with Gasteiger partial charge in [0.25, 0.3) is 5.91 Å². The van der Waals surface area contributed by atoms with Crippen LogP contribution in [0.4, 0.5) is 10.1 Å². The number of amides is 1. The van der Waals surface area contributed by atoms with Crippen molar-refractivity contribution in [1.29, 1.82) is 0 Å². The third-order valence-corrected chi connectivity index (χ3v) is 3.47. The average molecular weight is 270 g/mol. The zero-order valence-corrected chi connectivity index (χ0v) is 11.5. The summed E-state index contributed by atoms with van der Waals surface area (Å²) in [7, 11) is 0. The third kappa shape index (κ3) is 4.56. The van der Waals surface area contributed by atoms with Crippen molar-refractivity contribution in [2.75, 3.05) is 17.2 Å². The number of carbonyl (C=O) groups excluding carboxylic acids is 1. The van der Waals surface area contributed by atoms with Crippen molar-refractivity contribution in [3.05, 3.63) is 29.6 Å². The number of nitrogen functional groups attached to an aromatic ring is 1. The van der Waals surface area contributed by atoms with E-state index in [0.29, 0.717) is 5.56 Å².